The van der Waals surface area contributed by atoms with E-state index in [1.807, 2.05) is 13.8 Å². The van der Waals surface area contributed by atoms with Gasteiger partial charge in [0.2, 0.25) is 0 Å². The van der Waals surface area contributed by atoms with Crippen LogP contribution < -0.4 is 0 Å². The monoisotopic (exact) mass is 284 g/mol. The van der Waals surface area contributed by atoms with Crippen molar-refractivity contribution >= 4 is 34.3 Å². The average Bonchev–Trinajstić information content (AvgIpc) is 1.84. The predicted octanol–water partition coefficient (Wildman–Crippen LogP) is 2.02. The van der Waals surface area contributed by atoms with Crippen LogP contribution in [-0.4, -0.2) is 20.3 Å². The maximum atomic E-state index is 11.2. The Bertz CT molecular complexity index is 181. The van der Waals surface area contributed by atoms with Gasteiger partial charge in [-0.2, -0.15) is 0 Å². The highest BCUT2D eigenvalue weighted by Crippen LogP contribution is 2.20. The van der Waals surface area contributed by atoms with Gasteiger partial charge in [0, 0.05) is 12.8 Å². The van der Waals surface area contributed by atoms with Crippen molar-refractivity contribution in [2.45, 2.75) is 36.5 Å². The average molecular weight is 284 g/mol. The molecule has 0 aliphatic carbocycles. The molecule has 1 N–H and O–H groups in total. The van der Waals surface area contributed by atoms with Crippen LogP contribution in [0.4, 0.5) is 0 Å². The van der Waals surface area contributed by atoms with E-state index in [0.717, 1.165) is 0 Å². The predicted molar refractivity (Wildman–Crippen MR) is 54.6 cm³/mol. The molecule has 0 aromatic rings. The van der Waals surface area contributed by atoms with Gasteiger partial charge in [-0.05, 0) is 20.3 Å². The topological polar surface area (TPSA) is 54.4 Å². The minimum atomic E-state index is -0.839. The zero-order valence-corrected chi connectivity index (χ0v) is 9.42. The van der Waals surface area contributed by atoms with E-state index in [0.29, 0.717) is 12.8 Å². The first-order chi connectivity index (χ1) is 5.34. The van der Waals surface area contributed by atoms with Gasteiger partial charge in [-0.1, -0.05) is 22.6 Å². The lowest BCUT2D eigenvalue weighted by Crippen LogP contribution is -2.23. The SMILES string of the molecule is CC(C)(I)C(=O)CCCC(=O)O. The molecule has 0 rings (SSSR count). The fourth-order valence-electron chi connectivity index (χ4n) is 0.697. The van der Waals surface area contributed by atoms with Gasteiger partial charge in [-0.15, -0.1) is 0 Å². The normalized spacial score (nSPS) is 11.2. The molecular weight excluding hydrogens is 271 g/mol. The lowest BCUT2D eigenvalue weighted by molar-refractivity contribution is -0.137. The number of hydrogen-bond acceptors (Lipinski definition) is 2. The van der Waals surface area contributed by atoms with E-state index in [4.69, 9.17) is 5.11 Å². The molecule has 4 heteroatoms. The van der Waals surface area contributed by atoms with Gasteiger partial charge in [0.15, 0.2) is 0 Å². The number of alkyl halides is 1. The minimum absolute atomic E-state index is 0.0818. The number of ketones is 1. The Kier molecular flexibility index (Phi) is 4.74. The molecule has 0 atom stereocenters. The zero-order chi connectivity index (χ0) is 9.78. The molecule has 0 fully saturated rings. The molecule has 0 aromatic carbocycles. The van der Waals surface area contributed by atoms with Gasteiger partial charge in [-0.3, -0.25) is 9.59 Å². The minimum Gasteiger partial charge on any atom is -0.481 e. The first-order valence-electron chi connectivity index (χ1n) is 3.78. The molecule has 70 valence electrons. The Labute approximate surface area is 85.7 Å². The number of aliphatic carboxylic acids is 1. The molecule has 0 unspecified atom stereocenters. The fraction of sp³-hybridized carbons (Fsp3) is 0.750. The molecule has 0 saturated heterocycles. The molecule has 3 nitrogen and oxygen atoms in total. The molecule has 0 amide bonds. The summed E-state index contributed by atoms with van der Waals surface area (Å²) in [5, 5.41) is 8.32. The van der Waals surface area contributed by atoms with Gasteiger partial charge in [0.05, 0.1) is 3.42 Å². The van der Waals surface area contributed by atoms with E-state index in [-0.39, 0.29) is 15.6 Å². The molecule has 12 heavy (non-hydrogen) atoms. The van der Waals surface area contributed by atoms with Crippen LogP contribution >= 0.6 is 22.6 Å². The van der Waals surface area contributed by atoms with E-state index >= 15 is 0 Å². The van der Waals surface area contributed by atoms with Gasteiger partial charge in [0.25, 0.3) is 0 Å². The molecule has 0 aliphatic heterocycles. The van der Waals surface area contributed by atoms with Crippen molar-refractivity contribution in [2.75, 3.05) is 0 Å². The lowest BCUT2D eigenvalue weighted by atomic mass is 10.0. The second-order valence-electron chi connectivity index (χ2n) is 3.14. The Morgan fingerprint density at radius 2 is 1.83 bits per heavy atom. The van der Waals surface area contributed by atoms with E-state index in [1.165, 1.54) is 0 Å². The number of carboxylic acid groups (broad SMARTS) is 1. The Morgan fingerprint density at radius 3 is 2.17 bits per heavy atom. The third-order valence-electron chi connectivity index (χ3n) is 1.46. The van der Waals surface area contributed by atoms with Crippen molar-refractivity contribution in [1.82, 2.24) is 0 Å². The summed E-state index contributed by atoms with van der Waals surface area (Å²) in [4.78, 5) is 21.4. The van der Waals surface area contributed by atoms with Crippen LogP contribution in [0, 0.1) is 0 Å². The molecule has 0 radical (unpaired) electrons. The molecule has 0 aliphatic rings. The summed E-state index contributed by atoms with van der Waals surface area (Å²) in [6, 6.07) is 0. The molecular formula is C8H13IO3. The Balaban J connectivity index is 3.66. The van der Waals surface area contributed by atoms with Crippen LogP contribution in [0.2, 0.25) is 0 Å². The molecule has 0 saturated carbocycles. The van der Waals surface area contributed by atoms with Crippen LogP contribution in [0.3, 0.4) is 0 Å². The number of rotatable bonds is 5. The van der Waals surface area contributed by atoms with Crippen LogP contribution in [0.1, 0.15) is 33.1 Å². The standard InChI is InChI=1S/C8H13IO3/c1-8(2,9)6(10)4-3-5-7(11)12/h3-5H2,1-2H3,(H,11,12). The van der Waals surface area contributed by atoms with Crippen LogP contribution in [-0.2, 0) is 9.59 Å². The summed E-state index contributed by atoms with van der Waals surface area (Å²) >= 11 is 2.06. The number of Topliss-reactive ketones (excluding diaryl/α,β-unsaturated/α-hetero) is 1. The Hall–Kier alpha value is -0.130. The first kappa shape index (κ1) is 11.9. The third-order valence-corrected chi connectivity index (χ3v) is 2.06. The van der Waals surface area contributed by atoms with Gasteiger partial charge in [-0.25, -0.2) is 0 Å². The summed E-state index contributed by atoms with van der Waals surface area (Å²) in [7, 11) is 0. The smallest absolute Gasteiger partial charge is 0.303 e. The Morgan fingerprint density at radius 1 is 1.33 bits per heavy atom. The van der Waals surface area contributed by atoms with Crippen LogP contribution in [0.5, 0.6) is 0 Å². The fourth-order valence-corrected chi connectivity index (χ4v) is 0.967. The summed E-state index contributed by atoms with van der Waals surface area (Å²) < 4.78 is -0.365. The van der Waals surface area contributed by atoms with E-state index < -0.39 is 5.97 Å². The molecule has 0 aromatic heterocycles. The van der Waals surface area contributed by atoms with Gasteiger partial charge in [0.1, 0.15) is 5.78 Å². The third kappa shape index (κ3) is 5.51. The van der Waals surface area contributed by atoms with Crippen molar-refractivity contribution in [3.8, 4) is 0 Å². The number of halogens is 1. The quantitative estimate of drug-likeness (QED) is 0.620. The summed E-state index contributed by atoms with van der Waals surface area (Å²) in [5.41, 5.74) is 0. The van der Waals surface area contributed by atoms with E-state index in [1.54, 1.807) is 0 Å². The number of hydrogen-bond donors (Lipinski definition) is 1. The van der Waals surface area contributed by atoms with E-state index in [9.17, 15) is 9.59 Å². The maximum Gasteiger partial charge on any atom is 0.303 e. The highest BCUT2D eigenvalue weighted by atomic mass is 127. The number of carboxylic acids is 1. The summed E-state index contributed by atoms with van der Waals surface area (Å²) in [5.74, 6) is -0.724. The van der Waals surface area contributed by atoms with Crippen LogP contribution in [0.25, 0.3) is 0 Å². The molecule has 0 spiro atoms. The zero-order valence-electron chi connectivity index (χ0n) is 7.26. The van der Waals surface area contributed by atoms with Gasteiger partial charge < -0.3 is 5.11 Å². The van der Waals surface area contributed by atoms with Crippen molar-refractivity contribution in [3.63, 3.8) is 0 Å². The van der Waals surface area contributed by atoms with Crippen LogP contribution in [0.15, 0.2) is 0 Å². The highest BCUT2D eigenvalue weighted by Gasteiger charge is 2.22. The molecule has 0 bridgehead atoms. The largest absolute Gasteiger partial charge is 0.481 e. The van der Waals surface area contributed by atoms with Gasteiger partial charge >= 0.3 is 5.97 Å². The number of carbonyl (C=O) groups is 2. The van der Waals surface area contributed by atoms with Crippen molar-refractivity contribution in [2.24, 2.45) is 0 Å². The second-order valence-corrected chi connectivity index (χ2v) is 5.84. The highest BCUT2D eigenvalue weighted by molar-refractivity contribution is 14.1. The second kappa shape index (κ2) is 4.79. The molecule has 0 heterocycles. The van der Waals surface area contributed by atoms with Crippen molar-refractivity contribution in [1.29, 1.82) is 0 Å². The van der Waals surface area contributed by atoms with Crippen molar-refractivity contribution < 1.29 is 14.7 Å². The number of carbonyl (C=O) groups excluding carboxylic acids is 1. The lowest BCUT2D eigenvalue weighted by Gasteiger charge is -2.13. The summed E-state index contributed by atoms with van der Waals surface area (Å²) in [6.45, 7) is 3.66. The first-order valence-corrected chi connectivity index (χ1v) is 4.86. The summed E-state index contributed by atoms with van der Waals surface area (Å²) in [6.07, 6.45) is 0.890. The maximum absolute atomic E-state index is 11.2. The van der Waals surface area contributed by atoms with Crippen molar-refractivity contribution in [3.05, 3.63) is 0 Å². The van der Waals surface area contributed by atoms with E-state index in [2.05, 4.69) is 22.6 Å².